The maximum absolute atomic E-state index is 13.3. The number of hydrogen-bond donors (Lipinski definition) is 0. The SMILES string of the molecule is COc1ccc(-c2noc(CN3CCN(c4nc(N(C)C)cc(C(F)(F)F)n4)CC3)n2)cc1. The third kappa shape index (κ3) is 5.33. The molecule has 0 saturated carbocycles. The molecule has 0 atom stereocenters. The van der Waals surface area contributed by atoms with Crippen molar-refractivity contribution >= 4 is 11.8 Å². The van der Waals surface area contributed by atoms with E-state index in [2.05, 4.69) is 25.0 Å². The summed E-state index contributed by atoms with van der Waals surface area (Å²) < 4.78 is 50.4. The Labute approximate surface area is 188 Å². The van der Waals surface area contributed by atoms with Crippen molar-refractivity contribution in [1.29, 1.82) is 0 Å². The van der Waals surface area contributed by atoms with Crippen molar-refractivity contribution < 1.29 is 22.4 Å². The molecular weight excluding hydrogens is 439 g/mol. The van der Waals surface area contributed by atoms with Gasteiger partial charge in [0.1, 0.15) is 11.6 Å². The molecule has 1 aromatic carbocycles. The Bertz CT molecular complexity index is 1080. The van der Waals surface area contributed by atoms with E-state index in [-0.39, 0.29) is 11.8 Å². The van der Waals surface area contributed by atoms with Crippen molar-refractivity contribution in [1.82, 2.24) is 25.0 Å². The molecular formula is C21H24F3N7O2. The Morgan fingerprint density at radius 2 is 1.73 bits per heavy atom. The number of anilines is 2. The first kappa shape index (κ1) is 22.8. The Morgan fingerprint density at radius 3 is 2.33 bits per heavy atom. The van der Waals surface area contributed by atoms with E-state index in [0.717, 1.165) is 17.4 Å². The van der Waals surface area contributed by atoms with Crippen LogP contribution in [0.2, 0.25) is 0 Å². The molecule has 3 aromatic rings. The molecule has 0 spiro atoms. The predicted octanol–water partition coefficient (Wildman–Crippen LogP) is 2.94. The first-order chi connectivity index (χ1) is 15.7. The average molecular weight is 463 g/mol. The lowest BCUT2D eigenvalue weighted by Gasteiger charge is -2.34. The molecule has 2 aromatic heterocycles. The van der Waals surface area contributed by atoms with Gasteiger partial charge in [-0.1, -0.05) is 5.16 Å². The van der Waals surface area contributed by atoms with Crippen LogP contribution in [0.1, 0.15) is 11.6 Å². The summed E-state index contributed by atoms with van der Waals surface area (Å²) in [7, 11) is 4.89. The van der Waals surface area contributed by atoms with E-state index in [1.165, 1.54) is 4.90 Å². The van der Waals surface area contributed by atoms with Gasteiger partial charge in [0.05, 0.1) is 13.7 Å². The fourth-order valence-corrected chi connectivity index (χ4v) is 3.41. The number of benzene rings is 1. The minimum Gasteiger partial charge on any atom is -0.497 e. The van der Waals surface area contributed by atoms with Crippen LogP contribution in [0.5, 0.6) is 5.75 Å². The third-order valence-corrected chi connectivity index (χ3v) is 5.28. The van der Waals surface area contributed by atoms with Crippen LogP contribution in [0.15, 0.2) is 34.9 Å². The average Bonchev–Trinajstić information content (AvgIpc) is 3.27. The summed E-state index contributed by atoms with van der Waals surface area (Å²) in [5.74, 6) is 1.99. The number of halogens is 3. The fraction of sp³-hybridized carbons (Fsp3) is 0.429. The summed E-state index contributed by atoms with van der Waals surface area (Å²) in [5.41, 5.74) is -0.135. The summed E-state index contributed by atoms with van der Waals surface area (Å²) in [5, 5.41) is 4.03. The molecule has 0 aliphatic carbocycles. The van der Waals surface area contributed by atoms with Crippen LogP contribution in [0, 0.1) is 0 Å². The second-order valence-electron chi connectivity index (χ2n) is 7.81. The van der Waals surface area contributed by atoms with E-state index in [4.69, 9.17) is 9.26 Å². The molecule has 3 heterocycles. The Kier molecular flexibility index (Phi) is 6.36. The molecule has 9 nitrogen and oxygen atoms in total. The smallest absolute Gasteiger partial charge is 0.433 e. The molecule has 0 bridgehead atoms. The normalized spacial score (nSPS) is 15.0. The molecule has 0 radical (unpaired) electrons. The van der Waals surface area contributed by atoms with Crippen LogP contribution >= 0.6 is 0 Å². The van der Waals surface area contributed by atoms with Gasteiger partial charge in [-0.2, -0.15) is 23.1 Å². The van der Waals surface area contributed by atoms with Crippen LogP contribution in [0.4, 0.5) is 24.9 Å². The Hall–Kier alpha value is -3.41. The van der Waals surface area contributed by atoms with Crippen molar-refractivity contribution in [2.24, 2.45) is 0 Å². The topological polar surface area (TPSA) is 83.7 Å². The molecule has 0 unspecified atom stereocenters. The number of aromatic nitrogens is 4. The van der Waals surface area contributed by atoms with E-state index in [1.54, 1.807) is 26.1 Å². The molecule has 33 heavy (non-hydrogen) atoms. The van der Waals surface area contributed by atoms with Crippen LogP contribution in [0.25, 0.3) is 11.4 Å². The molecule has 1 aliphatic heterocycles. The highest BCUT2D eigenvalue weighted by Gasteiger charge is 2.35. The number of hydrogen-bond acceptors (Lipinski definition) is 9. The van der Waals surface area contributed by atoms with Crippen LogP contribution in [-0.4, -0.2) is 72.4 Å². The van der Waals surface area contributed by atoms with E-state index in [0.29, 0.717) is 44.4 Å². The lowest BCUT2D eigenvalue weighted by Crippen LogP contribution is -2.46. The first-order valence-corrected chi connectivity index (χ1v) is 10.3. The highest BCUT2D eigenvalue weighted by Crippen LogP contribution is 2.31. The fourth-order valence-electron chi connectivity index (χ4n) is 3.41. The molecule has 12 heteroatoms. The van der Waals surface area contributed by atoms with Gasteiger partial charge in [0, 0.05) is 51.9 Å². The second-order valence-corrected chi connectivity index (χ2v) is 7.81. The second kappa shape index (κ2) is 9.22. The number of alkyl halides is 3. The molecule has 4 rings (SSSR count). The maximum atomic E-state index is 13.3. The van der Waals surface area contributed by atoms with E-state index < -0.39 is 11.9 Å². The molecule has 176 valence electrons. The van der Waals surface area contributed by atoms with Crippen LogP contribution in [0.3, 0.4) is 0 Å². The maximum Gasteiger partial charge on any atom is 0.433 e. The summed E-state index contributed by atoms with van der Waals surface area (Å²) in [4.78, 5) is 17.9. The van der Waals surface area contributed by atoms with Crippen molar-refractivity contribution in [3.8, 4) is 17.1 Å². The number of rotatable bonds is 6. The lowest BCUT2D eigenvalue weighted by molar-refractivity contribution is -0.141. The van der Waals surface area contributed by atoms with Crippen molar-refractivity contribution in [2.75, 3.05) is 57.2 Å². The molecule has 1 fully saturated rings. The first-order valence-electron chi connectivity index (χ1n) is 10.3. The molecule has 1 aliphatic rings. The van der Waals surface area contributed by atoms with Gasteiger partial charge in [0.15, 0.2) is 5.69 Å². The highest BCUT2D eigenvalue weighted by molar-refractivity contribution is 5.55. The van der Waals surface area contributed by atoms with Gasteiger partial charge in [-0.25, -0.2) is 4.98 Å². The van der Waals surface area contributed by atoms with Gasteiger partial charge in [0.2, 0.25) is 17.7 Å². The van der Waals surface area contributed by atoms with Crippen LogP contribution < -0.4 is 14.5 Å². The zero-order valence-corrected chi connectivity index (χ0v) is 18.5. The van der Waals surface area contributed by atoms with Crippen molar-refractivity contribution in [2.45, 2.75) is 12.7 Å². The molecule has 1 saturated heterocycles. The van der Waals surface area contributed by atoms with E-state index >= 15 is 0 Å². The zero-order chi connectivity index (χ0) is 23.6. The summed E-state index contributed by atoms with van der Waals surface area (Å²) >= 11 is 0. The van der Waals surface area contributed by atoms with Gasteiger partial charge in [-0.15, -0.1) is 0 Å². The monoisotopic (exact) mass is 463 g/mol. The highest BCUT2D eigenvalue weighted by atomic mass is 19.4. The standard InChI is InChI=1S/C21H24F3N7O2/c1-29(2)17-12-16(21(22,23)24)25-20(26-17)31-10-8-30(9-11-31)13-18-27-19(28-33-18)14-4-6-15(32-3)7-5-14/h4-7,12H,8-11,13H2,1-3H3. The van der Waals surface area contributed by atoms with Gasteiger partial charge < -0.3 is 19.1 Å². The lowest BCUT2D eigenvalue weighted by atomic mass is 10.2. The Balaban J connectivity index is 1.39. The number of nitrogens with zero attached hydrogens (tertiary/aromatic N) is 7. The minimum atomic E-state index is -4.54. The summed E-state index contributed by atoms with van der Waals surface area (Å²) in [6.45, 7) is 2.60. The van der Waals surface area contributed by atoms with Crippen LogP contribution in [-0.2, 0) is 12.7 Å². The summed E-state index contributed by atoms with van der Waals surface area (Å²) in [6, 6.07) is 8.30. The van der Waals surface area contributed by atoms with Gasteiger partial charge >= 0.3 is 6.18 Å². The van der Waals surface area contributed by atoms with E-state index in [9.17, 15) is 13.2 Å². The number of ether oxygens (including phenoxy) is 1. The van der Waals surface area contributed by atoms with Crippen molar-refractivity contribution in [3.05, 3.63) is 41.9 Å². The number of methoxy groups -OCH3 is 1. The Morgan fingerprint density at radius 1 is 1.03 bits per heavy atom. The largest absolute Gasteiger partial charge is 0.497 e. The van der Waals surface area contributed by atoms with Crippen molar-refractivity contribution in [3.63, 3.8) is 0 Å². The van der Waals surface area contributed by atoms with Gasteiger partial charge in [-0.3, -0.25) is 4.90 Å². The van der Waals surface area contributed by atoms with Gasteiger partial charge in [-0.05, 0) is 24.3 Å². The minimum absolute atomic E-state index is 0.0766. The quantitative estimate of drug-likeness (QED) is 0.548. The van der Waals surface area contributed by atoms with Gasteiger partial charge in [0.25, 0.3) is 0 Å². The molecule has 0 amide bonds. The predicted molar refractivity (Wildman–Crippen MR) is 115 cm³/mol. The molecule has 0 N–H and O–H groups in total. The summed E-state index contributed by atoms with van der Waals surface area (Å²) in [6.07, 6.45) is -4.54. The third-order valence-electron chi connectivity index (χ3n) is 5.28. The number of piperazine rings is 1. The van der Waals surface area contributed by atoms with E-state index in [1.807, 2.05) is 24.3 Å². The zero-order valence-electron chi connectivity index (χ0n) is 18.5.